The van der Waals surface area contributed by atoms with Gasteiger partial charge in [0.2, 0.25) is 0 Å². The number of thiazole rings is 1. The fourth-order valence-corrected chi connectivity index (χ4v) is 2.73. The number of carboxylic acid groups (broad SMARTS) is 1. The molecule has 22 heavy (non-hydrogen) atoms. The Bertz CT molecular complexity index is 882. The molecule has 6 heteroatoms. The Morgan fingerprint density at radius 3 is 2.59 bits per heavy atom. The van der Waals surface area contributed by atoms with Crippen molar-refractivity contribution >= 4 is 17.3 Å². The Hall–Kier alpha value is -3.04. The van der Waals surface area contributed by atoms with Crippen LogP contribution in [0.2, 0.25) is 0 Å². The fourth-order valence-electron chi connectivity index (χ4n) is 2.00. The lowest BCUT2D eigenvalue weighted by molar-refractivity contribution is 0.0702. The van der Waals surface area contributed by atoms with Gasteiger partial charge in [-0.25, -0.2) is 9.78 Å². The zero-order valence-corrected chi connectivity index (χ0v) is 12.0. The van der Waals surface area contributed by atoms with Crippen molar-refractivity contribution in [1.29, 1.82) is 5.26 Å². The number of hydrogen-bond acceptors (Lipinski definition) is 5. The van der Waals surface area contributed by atoms with Crippen LogP contribution in [0.1, 0.15) is 15.2 Å². The summed E-state index contributed by atoms with van der Waals surface area (Å²) < 4.78 is 0. The molecule has 106 valence electrons. The normalized spacial score (nSPS) is 10.1. The molecular formula is C16H9N3O2S. The van der Waals surface area contributed by atoms with Crippen LogP contribution in [-0.4, -0.2) is 21.0 Å². The predicted molar refractivity (Wildman–Crippen MR) is 82.5 cm³/mol. The number of carboxylic acids is 1. The second-order valence-corrected chi connectivity index (χ2v) is 5.46. The second-order valence-electron chi connectivity index (χ2n) is 4.43. The van der Waals surface area contributed by atoms with E-state index in [2.05, 4.69) is 16.0 Å². The van der Waals surface area contributed by atoms with Crippen LogP contribution in [0.5, 0.6) is 0 Å². The summed E-state index contributed by atoms with van der Waals surface area (Å²) in [6.45, 7) is 0. The molecule has 0 aliphatic carbocycles. The number of aromatic nitrogens is 2. The highest BCUT2D eigenvalue weighted by Gasteiger charge is 2.13. The first-order valence-electron chi connectivity index (χ1n) is 6.34. The Morgan fingerprint density at radius 1 is 1.18 bits per heavy atom. The average molecular weight is 307 g/mol. The molecule has 0 saturated carbocycles. The maximum atomic E-state index is 10.9. The van der Waals surface area contributed by atoms with Crippen LogP contribution in [0.15, 0.2) is 48.8 Å². The highest BCUT2D eigenvalue weighted by Crippen LogP contribution is 2.28. The minimum absolute atomic E-state index is 0.141. The number of rotatable bonds is 3. The van der Waals surface area contributed by atoms with Crippen molar-refractivity contribution in [3.8, 4) is 27.9 Å². The van der Waals surface area contributed by atoms with Gasteiger partial charge in [0.1, 0.15) is 15.6 Å². The zero-order valence-electron chi connectivity index (χ0n) is 11.2. The summed E-state index contributed by atoms with van der Waals surface area (Å²) in [5.74, 6) is -1.02. The molecular weight excluding hydrogens is 298 g/mol. The van der Waals surface area contributed by atoms with Gasteiger partial charge in [-0.15, -0.1) is 11.3 Å². The molecule has 1 aromatic carbocycles. The minimum atomic E-state index is -1.02. The van der Waals surface area contributed by atoms with Gasteiger partial charge in [0.15, 0.2) is 0 Å². The monoisotopic (exact) mass is 307 g/mol. The van der Waals surface area contributed by atoms with E-state index in [9.17, 15) is 10.1 Å². The molecule has 5 nitrogen and oxygen atoms in total. The van der Waals surface area contributed by atoms with Gasteiger partial charge in [0, 0.05) is 11.8 Å². The van der Waals surface area contributed by atoms with Crippen molar-refractivity contribution in [2.24, 2.45) is 0 Å². The van der Waals surface area contributed by atoms with E-state index < -0.39 is 5.97 Å². The number of nitrogens with zero attached hydrogens (tertiary/aromatic N) is 3. The van der Waals surface area contributed by atoms with Gasteiger partial charge >= 0.3 is 5.97 Å². The number of hydrogen-bond donors (Lipinski definition) is 1. The largest absolute Gasteiger partial charge is 0.477 e. The topological polar surface area (TPSA) is 86.9 Å². The lowest BCUT2D eigenvalue weighted by Gasteiger charge is -2.05. The standard InChI is InChI=1S/C16H9N3O2S/c17-7-11-6-13(15-19-9-14(22-15)16(20)21)18-8-12(11)10-4-2-1-3-5-10/h1-6,8-9H,(H,20,21). The Balaban J connectivity index is 2.05. The number of aromatic carboxylic acids is 1. The fraction of sp³-hybridized carbons (Fsp3) is 0. The van der Waals surface area contributed by atoms with Crippen LogP contribution >= 0.6 is 11.3 Å². The smallest absolute Gasteiger partial charge is 0.347 e. The van der Waals surface area contributed by atoms with E-state index in [1.165, 1.54) is 6.20 Å². The van der Waals surface area contributed by atoms with Crippen LogP contribution in [0, 0.1) is 11.3 Å². The molecule has 0 saturated heterocycles. The van der Waals surface area contributed by atoms with Crippen molar-refractivity contribution in [3.05, 3.63) is 59.2 Å². The Kier molecular flexibility index (Phi) is 3.64. The molecule has 2 heterocycles. The van der Waals surface area contributed by atoms with Crippen molar-refractivity contribution < 1.29 is 9.90 Å². The first kappa shape index (κ1) is 13.9. The van der Waals surface area contributed by atoms with E-state index in [-0.39, 0.29) is 4.88 Å². The molecule has 3 aromatic rings. The summed E-state index contributed by atoms with van der Waals surface area (Å²) in [5.41, 5.74) is 2.61. The van der Waals surface area contributed by atoms with Gasteiger partial charge in [0.05, 0.1) is 17.8 Å². The van der Waals surface area contributed by atoms with Crippen LogP contribution < -0.4 is 0 Å². The van der Waals surface area contributed by atoms with Gasteiger partial charge < -0.3 is 5.11 Å². The molecule has 3 rings (SSSR count). The van der Waals surface area contributed by atoms with E-state index in [0.717, 1.165) is 22.5 Å². The van der Waals surface area contributed by atoms with Crippen molar-refractivity contribution in [1.82, 2.24) is 9.97 Å². The first-order valence-corrected chi connectivity index (χ1v) is 7.16. The average Bonchev–Trinajstić information content (AvgIpc) is 3.05. The number of carbonyl (C=O) groups is 1. The maximum absolute atomic E-state index is 10.9. The van der Waals surface area contributed by atoms with Crippen LogP contribution in [0.25, 0.3) is 21.8 Å². The molecule has 0 amide bonds. The van der Waals surface area contributed by atoms with E-state index in [0.29, 0.717) is 16.3 Å². The van der Waals surface area contributed by atoms with Crippen LogP contribution in [0.4, 0.5) is 0 Å². The summed E-state index contributed by atoms with van der Waals surface area (Å²) in [6, 6.07) is 13.3. The number of nitriles is 1. The lowest BCUT2D eigenvalue weighted by Crippen LogP contribution is -1.90. The summed E-state index contributed by atoms with van der Waals surface area (Å²) in [4.78, 5) is 19.4. The highest BCUT2D eigenvalue weighted by molar-refractivity contribution is 7.16. The molecule has 0 fully saturated rings. The molecule has 0 spiro atoms. The minimum Gasteiger partial charge on any atom is -0.477 e. The third-order valence-corrected chi connectivity index (χ3v) is 4.05. The number of pyridine rings is 1. The van der Waals surface area contributed by atoms with Gasteiger partial charge in [-0.1, -0.05) is 30.3 Å². The summed E-state index contributed by atoms with van der Waals surface area (Å²) in [5, 5.41) is 18.8. The summed E-state index contributed by atoms with van der Waals surface area (Å²) in [6.07, 6.45) is 2.91. The van der Waals surface area contributed by atoms with Crippen molar-refractivity contribution in [2.45, 2.75) is 0 Å². The molecule has 0 aliphatic heterocycles. The lowest BCUT2D eigenvalue weighted by atomic mass is 10.0. The molecule has 0 bridgehead atoms. The molecule has 0 radical (unpaired) electrons. The van der Waals surface area contributed by atoms with Crippen LogP contribution in [-0.2, 0) is 0 Å². The molecule has 0 atom stereocenters. The van der Waals surface area contributed by atoms with E-state index in [1.54, 1.807) is 12.3 Å². The molecule has 0 unspecified atom stereocenters. The van der Waals surface area contributed by atoms with Gasteiger partial charge in [-0.3, -0.25) is 4.98 Å². The van der Waals surface area contributed by atoms with E-state index in [1.807, 2.05) is 30.3 Å². The van der Waals surface area contributed by atoms with Crippen molar-refractivity contribution in [3.63, 3.8) is 0 Å². The predicted octanol–water partition coefficient (Wildman–Crippen LogP) is 3.44. The van der Waals surface area contributed by atoms with E-state index >= 15 is 0 Å². The van der Waals surface area contributed by atoms with E-state index in [4.69, 9.17) is 5.11 Å². The number of benzene rings is 1. The second kappa shape index (κ2) is 5.76. The SMILES string of the molecule is N#Cc1cc(-c2ncc(C(=O)O)s2)ncc1-c1ccccc1. The third-order valence-electron chi connectivity index (χ3n) is 3.04. The quantitative estimate of drug-likeness (QED) is 0.801. The maximum Gasteiger partial charge on any atom is 0.347 e. The summed E-state index contributed by atoms with van der Waals surface area (Å²) >= 11 is 1.03. The van der Waals surface area contributed by atoms with Crippen LogP contribution in [0.3, 0.4) is 0 Å². The third kappa shape index (κ3) is 2.57. The Morgan fingerprint density at radius 2 is 1.95 bits per heavy atom. The molecule has 1 N–H and O–H groups in total. The van der Waals surface area contributed by atoms with Gasteiger partial charge in [0.25, 0.3) is 0 Å². The molecule has 0 aliphatic rings. The Labute approximate surface area is 130 Å². The van der Waals surface area contributed by atoms with Crippen molar-refractivity contribution in [2.75, 3.05) is 0 Å². The summed E-state index contributed by atoms with van der Waals surface area (Å²) in [7, 11) is 0. The van der Waals surface area contributed by atoms with Gasteiger partial charge in [-0.2, -0.15) is 5.26 Å². The molecule has 2 aromatic heterocycles. The zero-order chi connectivity index (χ0) is 15.5. The first-order chi connectivity index (χ1) is 10.7. The highest BCUT2D eigenvalue weighted by atomic mass is 32.1. The van der Waals surface area contributed by atoms with Gasteiger partial charge in [-0.05, 0) is 11.6 Å².